The third-order valence-electron chi connectivity index (χ3n) is 2.96. The Balaban J connectivity index is 2.15. The number of rotatable bonds is 2. The summed E-state index contributed by atoms with van der Waals surface area (Å²) in [4.78, 5) is 0. The van der Waals surface area contributed by atoms with Crippen LogP contribution in [0.4, 0.5) is 14.5 Å². The first-order chi connectivity index (χ1) is 8.08. The van der Waals surface area contributed by atoms with E-state index in [-0.39, 0.29) is 10.5 Å². The van der Waals surface area contributed by atoms with Crippen LogP contribution in [0.15, 0.2) is 16.6 Å². The lowest BCUT2D eigenvalue weighted by Crippen LogP contribution is -2.33. The normalized spacial score (nSPS) is 24.7. The van der Waals surface area contributed by atoms with Crippen LogP contribution in [0.3, 0.4) is 0 Å². The lowest BCUT2D eigenvalue weighted by atomic mass is 10.1. The summed E-state index contributed by atoms with van der Waals surface area (Å²) in [5.41, 5.74) is 0.373. The monoisotopic (exact) mass is 321 g/mol. The maximum Gasteiger partial charge on any atom is 0.149 e. The fourth-order valence-electron chi connectivity index (χ4n) is 1.95. The number of thioether (sulfide) groups is 1. The molecule has 2 atom stereocenters. The Morgan fingerprint density at radius 2 is 2.12 bits per heavy atom. The van der Waals surface area contributed by atoms with Gasteiger partial charge < -0.3 is 5.32 Å². The molecule has 1 nitrogen and oxygen atoms in total. The molecule has 1 saturated heterocycles. The summed E-state index contributed by atoms with van der Waals surface area (Å²) < 4.78 is 27.0. The summed E-state index contributed by atoms with van der Waals surface area (Å²) in [5.74, 6) is 0.0576. The lowest BCUT2D eigenvalue weighted by Gasteiger charge is -2.30. The van der Waals surface area contributed by atoms with Crippen molar-refractivity contribution in [2.45, 2.75) is 31.1 Å². The van der Waals surface area contributed by atoms with Crippen molar-refractivity contribution >= 4 is 33.4 Å². The Labute approximate surface area is 112 Å². The van der Waals surface area contributed by atoms with E-state index in [1.807, 2.05) is 11.8 Å². The van der Waals surface area contributed by atoms with Gasteiger partial charge in [-0.1, -0.05) is 6.92 Å². The molecule has 0 aliphatic carbocycles. The van der Waals surface area contributed by atoms with Gasteiger partial charge in [-0.05, 0) is 40.6 Å². The molecule has 1 aromatic rings. The van der Waals surface area contributed by atoms with Crippen LogP contribution < -0.4 is 5.32 Å². The third-order valence-corrected chi connectivity index (χ3v) is 4.94. The average Bonchev–Trinajstić information content (AvgIpc) is 2.29. The Bertz CT molecular complexity index is 414. The Kier molecular flexibility index (Phi) is 4.31. The SMILES string of the molecule is CC1SCCCC1Nc1cc(Br)c(F)cc1F. The highest BCUT2D eigenvalue weighted by molar-refractivity contribution is 9.10. The zero-order valence-electron chi connectivity index (χ0n) is 9.47. The second-order valence-electron chi connectivity index (χ2n) is 4.22. The molecule has 0 bridgehead atoms. The van der Waals surface area contributed by atoms with Gasteiger partial charge in [0.25, 0.3) is 0 Å². The van der Waals surface area contributed by atoms with Crippen molar-refractivity contribution in [1.29, 1.82) is 0 Å². The van der Waals surface area contributed by atoms with Crippen LogP contribution in [0.25, 0.3) is 0 Å². The van der Waals surface area contributed by atoms with Crippen molar-refractivity contribution in [3.8, 4) is 0 Å². The minimum Gasteiger partial charge on any atom is -0.379 e. The maximum atomic E-state index is 13.6. The van der Waals surface area contributed by atoms with E-state index in [2.05, 4.69) is 28.2 Å². The van der Waals surface area contributed by atoms with E-state index in [0.29, 0.717) is 10.9 Å². The van der Waals surface area contributed by atoms with E-state index in [1.165, 1.54) is 6.07 Å². The molecule has 1 fully saturated rings. The molecule has 1 aliphatic heterocycles. The van der Waals surface area contributed by atoms with Crippen molar-refractivity contribution < 1.29 is 8.78 Å². The Hall–Kier alpha value is -0.290. The predicted molar refractivity (Wildman–Crippen MR) is 72.6 cm³/mol. The maximum absolute atomic E-state index is 13.6. The van der Waals surface area contributed by atoms with Gasteiger partial charge in [-0.15, -0.1) is 0 Å². The smallest absolute Gasteiger partial charge is 0.149 e. The van der Waals surface area contributed by atoms with Crippen molar-refractivity contribution in [2.75, 3.05) is 11.1 Å². The van der Waals surface area contributed by atoms with Gasteiger partial charge in [0.1, 0.15) is 11.6 Å². The van der Waals surface area contributed by atoms with Crippen molar-refractivity contribution in [1.82, 2.24) is 0 Å². The summed E-state index contributed by atoms with van der Waals surface area (Å²) in [5, 5.41) is 3.63. The molecule has 0 saturated carbocycles. The average molecular weight is 322 g/mol. The Morgan fingerprint density at radius 1 is 1.35 bits per heavy atom. The fraction of sp³-hybridized carbons (Fsp3) is 0.500. The molecule has 1 N–H and O–H groups in total. The molecule has 0 radical (unpaired) electrons. The third kappa shape index (κ3) is 3.13. The quantitative estimate of drug-likeness (QED) is 0.809. The van der Waals surface area contributed by atoms with Crippen molar-refractivity contribution in [3.63, 3.8) is 0 Å². The topological polar surface area (TPSA) is 12.0 Å². The Morgan fingerprint density at radius 3 is 2.82 bits per heavy atom. The van der Waals surface area contributed by atoms with Gasteiger partial charge in [0.05, 0.1) is 10.2 Å². The molecular formula is C12H14BrF2NS. The van der Waals surface area contributed by atoms with E-state index in [0.717, 1.165) is 24.7 Å². The molecular weight excluding hydrogens is 308 g/mol. The molecule has 2 unspecified atom stereocenters. The standard InChI is InChI=1S/C12H14BrF2NS/c1-7-11(3-2-4-17-7)16-12-5-8(13)9(14)6-10(12)15/h5-7,11,16H,2-4H2,1H3. The number of hydrogen-bond donors (Lipinski definition) is 1. The zero-order chi connectivity index (χ0) is 12.4. The van der Waals surface area contributed by atoms with Crippen LogP contribution in [0, 0.1) is 11.6 Å². The first-order valence-corrected chi connectivity index (χ1v) is 7.45. The first kappa shape index (κ1) is 13.1. The summed E-state index contributed by atoms with van der Waals surface area (Å²) in [6, 6.07) is 2.63. The van der Waals surface area contributed by atoms with Crippen molar-refractivity contribution in [2.24, 2.45) is 0 Å². The molecule has 17 heavy (non-hydrogen) atoms. The van der Waals surface area contributed by atoms with Gasteiger partial charge in [0.15, 0.2) is 0 Å². The van der Waals surface area contributed by atoms with Crippen molar-refractivity contribution in [3.05, 3.63) is 28.2 Å². The molecule has 0 aromatic heterocycles. The van der Waals surface area contributed by atoms with Gasteiger partial charge in [-0.3, -0.25) is 0 Å². The van der Waals surface area contributed by atoms with Gasteiger partial charge in [-0.2, -0.15) is 11.8 Å². The van der Waals surface area contributed by atoms with Gasteiger partial charge >= 0.3 is 0 Å². The molecule has 0 spiro atoms. The zero-order valence-corrected chi connectivity index (χ0v) is 11.9. The van der Waals surface area contributed by atoms with E-state index in [1.54, 1.807) is 0 Å². The van der Waals surface area contributed by atoms with Gasteiger partial charge in [0.2, 0.25) is 0 Å². The molecule has 2 rings (SSSR count). The summed E-state index contributed by atoms with van der Waals surface area (Å²) in [6.07, 6.45) is 2.17. The van der Waals surface area contributed by atoms with E-state index in [9.17, 15) is 8.78 Å². The highest BCUT2D eigenvalue weighted by Crippen LogP contribution is 2.30. The molecule has 94 valence electrons. The summed E-state index contributed by atoms with van der Waals surface area (Å²) in [7, 11) is 0. The molecule has 1 aliphatic rings. The minimum atomic E-state index is -0.570. The number of hydrogen-bond acceptors (Lipinski definition) is 2. The molecule has 1 aromatic carbocycles. The van der Waals surface area contributed by atoms with Gasteiger partial charge in [-0.25, -0.2) is 8.78 Å². The second-order valence-corrected chi connectivity index (χ2v) is 6.55. The minimum absolute atomic E-state index is 0.251. The van der Waals surface area contributed by atoms with Crippen LogP contribution in [-0.2, 0) is 0 Å². The van der Waals surface area contributed by atoms with Crippen LogP contribution in [0.5, 0.6) is 0 Å². The van der Waals surface area contributed by atoms with Crippen LogP contribution >= 0.6 is 27.7 Å². The molecule has 5 heteroatoms. The number of halogens is 3. The number of nitrogens with one attached hydrogen (secondary N) is 1. The fourth-order valence-corrected chi connectivity index (χ4v) is 3.43. The number of anilines is 1. The van der Waals surface area contributed by atoms with E-state index >= 15 is 0 Å². The predicted octanol–water partition coefficient (Wildman–Crippen LogP) is 4.42. The summed E-state index contributed by atoms with van der Waals surface area (Å²) in [6.45, 7) is 2.14. The highest BCUT2D eigenvalue weighted by Gasteiger charge is 2.22. The second kappa shape index (κ2) is 5.57. The molecule has 1 heterocycles. The van der Waals surface area contributed by atoms with Gasteiger partial charge in [0, 0.05) is 17.4 Å². The summed E-state index contributed by atoms with van der Waals surface area (Å²) >= 11 is 4.96. The van der Waals surface area contributed by atoms with E-state index < -0.39 is 11.6 Å². The number of benzene rings is 1. The van der Waals surface area contributed by atoms with E-state index in [4.69, 9.17) is 0 Å². The van der Waals surface area contributed by atoms with Crippen LogP contribution in [0.2, 0.25) is 0 Å². The molecule has 0 amide bonds. The lowest BCUT2D eigenvalue weighted by molar-refractivity contribution is 0.571. The largest absolute Gasteiger partial charge is 0.379 e. The van der Waals surface area contributed by atoms with Crippen LogP contribution in [0.1, 0.15) is 19.8 Å². The van der Waals surface area contributed by atoms with Crippen LogP contribution in [-0.4, -0.2) is 17.0 Å². The first-order valence-electron chi connectivity index (χ1n) is 5.60. The highest BCUT2D eigenvalue weighted by atomic mass is 79.9.